The highest BCUT2D eigenvalue weighted by Crippen LogP contribution is 2.38. The van der Waals surface area contributed by atoms with Crippen molar-refractivity contribution in [2.45, 2.75) is 210 Å². The van der Waals surface area contributed by atoms with Gasteiger partial charge in [0.15, 0.2) is 0 Å². The molecule has 3 heterocycles. The van der Waals surface area contributed by atoms with Gasteiger partial charge in [0.1, 0.15) is 57.7 Å². The summed E-state index contributed by atoms with van der Waals surface area (Å²) in [7, 11) is 5.55. The minimum absolute atomic E-state index is 0.0168. The van der Waals surface area contributed by atoms with Crippen molar-refractivity contribution >= 4 is 92.3 Å². The lowest BCUT2D eigenvalue weighted by Gasteiger charge is -2.43. The van der Waals surface area contributed by atoms with Crippen molar-refractivity contribution in [1.29, 1.82) is 0 Å². The van der Waals surface area contributed by atoms with Crippen LogP contribution in [0.1, 0.15) is 161 Å². The largest absolute Gasteiger partial charge is 0.417 e. The molecule has 560 valence electrons. The lowest BCUT2D eigenvalue weighted by Crippen LogP contribution is -2.65. The maximum absolute atomic E-state index is 15.8. The van der Waals surface area contributed by atoms with Gasteiger partial charge >= 0.3 is 6.18 Å². The van der Waals surface area contributed by atoms with Crippen LogP contribution in [0, 0.1) is 17.8 Å². The SMILES string of the molecule is CC[C@H](C)[C@@H]1NC(=O)[C@H](CC(C)C)N(C)C(=O)C[C@@H](C(=O)N2CCCCC2)N(C)C(=O)[C@H](C2CCCCC2)N(C)C(=O)C2(CCCC2)NC(=O)[C@@H]2CCCN2C(=O)[C@H](CCc2ccc(C(F)(F)F)c(Cl)c2)NC(=O)CN(C)C(=O)[C@H](CCS(C)(=O)=O)N(C)C(=O)CN(C)C(=O)CN(C)C1=O. The Morgan fingerprint density at radius 1 is 0.650 bits per heavy atom. The number of piperidine rings is 1. The second-order valence-corrected chi connectivity index (χ2v) is 31.5. The molecule has 100 heavy (non-hydrogen) atoms. The first-order chi connectivity index (χ1) is 46.8. The molecule has 31 heteroatoms. The molecule has 1 aromatic carbocycles. The van der Waals surface area contributed by atoms with Crippen LogP contribution in [-0.2, 0) is 80.0 Å². The van der Waals surface area contributed by atoms with E-state index in [1.807, 2.05) is 13.8 Å². The van der Waals surface area contributed by atoms with Crippen molar-refractivity contribution in [1.82, 2.24) is 60.0 Å². The molecule has 5 fully saturated rings. The van der Waals surface area contributed by atoms with Crippen LogP contribution in [0.4, 0.5) is 13.2 Å². The number of amides is 12. The summed E-state index contributed by atoms with van der Waals surface area (Å²) in [4.78, 5) is 189. The van der Waals surface area contributed by atoms with E-state index in [2.05, 4.69) is 16.0 Å². The van der Waals surface area contributed by atoms with Gasteiger partial charge in [0.05, 0.1) is 42.4 Å². The Morgan fingerprint density at radius 3 is 1.84 bits per heavy atom. The van der Waals surface area contributed by atoms with Gasteiger partial charge in [-0.05, 0) is 119 Å². The molecule has 26 nitrogen and oxygen atoms in total. The number of hydrogen-bond acceptors (Lipinski definition) is 14. The molecule has 3 saturated heterocycles. The fourth-order valence-electron chi connectivity index (χ4n) is 14.5. The number of sulfone groups is 1. The van der Waals surface area contributed by atoms with E-state index >= 15 is 28.8 Å². The van der Waals surface area contributed by atoms with Crippen LogP contribution in [0.5, 0.6) is 0 Å². The number of likely N-dealkylation sites (N-methyl/N-ethyl adjacent to an activating group) is 7. The molecule has 2 aliphatic carbocycles. The van der Waals surface area contributed by atoms with Crippen molar-refractivity contribution in [3.05, 3.63) is 34.3 Å². The van der Waals surface area contributed by atoms with E-state index in [0.29, 0.717) is 58.0 Å². The predicted octanol–water partition coefficient (Wildman–Crippen LogP) is 3.89. The number of aryl methyl sites for hydroxylation is 1. The Balaban J connectivity index is 1.44. The molecule has 1 aromatic rings. The summed E-state index contributed by atoms with van der Waals surface area (Å²) in [6, 6.07) is -6.38. The van der Waals surface area contributed by atoms with Crippen LogP contribution < -0.4 is 16.0 Å². The maximum Gasteiger partial charge on any atom is 0.417 e. The zero-order valence-electron chi connectivity index (χ0n) is 60.3. The molecule has 3 N–H and O–H groups in total. The number of halogens is 4. The molecular weight excluding hydrogens is 1350 g/mol. The summed E-state index contributed by atoms with van der Waals surface area (Å²) >= 11 is 6.12. The quantitative estimate of drug-likeness (QED) is 0.268. The summed E-state index contributed by atoms with van der Waals surface area (Å²) in [5.74, 6) is -10.6. The van der Waals surface area contributed by atoms with Gasteiger partial charge in [0.25, 0.3) is 0 Å². The highest BCUT2D eigenvalue weighted by Gasteiger charge is 2.51. The van der Waals surface area contributed by atoms with E-state index in [9.17, 15) is 50.4 Å². The minimum atomic E-state index is -4.79. The summed E-state index contributed by atoms with van der Waals surface area (Å²) in [6.07, 6.45) is 2.34. The monoisotopic (exact) mass is 1450 g/mol. The summed E-state index contributed by atoms with van der Waals surface area (Å²) in [6.45, 7) is 5.80. The lowest BCUT2D eigenvalue weighted by molar-refractivity contribution is -0.157. The lowest BCUT2D eigenvalue weighted by atomic mass is 9.81. The molecule has 0 bridgehead atoms. The van der Waals surface area contributed by atoms with Crippen molar-refractivity contribution in [3.8, 4) is 0 Å². The highest BCUT2D eigenvalue weighted by atomic mass is 35.5. The highest BCUT2D eigenvalue weighted by molar-refractivity contribution is 7.90. The number of fused-ring (bicyclic) bond motifs is 1. The van der Waals surface area contributed by atoms with Gasteiger partial charge in [-0.2, -0.15) is 13.2 Å². The fraction of sp³-hybridized carbons (Fsp3) is 0.739. The average molecular weight is 1450 g/mol. The molecule has 0 aromatic heterocycles. The van der Waals surface area contributed by atoms with E-state index < -0.39 is 195 Å². The molecule has 5 aliphatic rings. The topological polar surface area (TPSA) is 304 Å². The second kappa shape index (κ2) is 35.7. The molecule has 6 rings (SSSR count). The Morgan fingerprint density at radius 2 is 1.25 bits per heavy atom. The number of carbonyl (C=O) groups excluding carboxylic acids is 12. The molecule has 0 unspecified atom stereocenters. The first-order valence-electron chi connectivity index (χ1n) is 35.2. The van der Waals surface area contributed by atoms with Crippen LogP contribution >= 0.6 is 11.6 Å². The third kappa shape index (κ3) is 21.0. The van der Waals surface area contributed by atoms with Gasteiger partial charge in [-0.25, -0.2) is 8.42 Å². The van der Waals surface area contributed by atoms with E-state index in [4.69, 9.17) is 11.6 Å². The molecule has 2 saturated carbocycles. The van der Waals surface area contributed by atoms with Gasteiger partial charge in [0.2, 0.25) is 70.9 Å². The van der Waals surface area contributed by atoms with Gasteiger partial charge in [0, 0.05) is 75.2 Å². The Kier molecular flexibility index (Phi) is 29.2. The van der Waals surface area contributed by atoms with Crippen LogP contribution in [-0.4, -0.2) is 272 Å². The third-order valence-electron chi connectivity index (χ3n) is 20.8. The number of nitrogens with zero attached hydrogens (tertiary/aromatic N) is 9. The zero-order valence-corrected chi connectivity index (χ0v) is 61.8. The summed E-state index contributed by atoms with van der Waals surface area (Å²) in [5, 5.41) is 7.93. The summed E-state index contributed by atoms with van der Waals surface area (Å²) < 4.78 is 66.7. The molecule has 1 spiro atoms. The number of likely N-dealkylation sites (tertiary alicyclic amines) is 1. The molecule has 0 radical (unpaired) electrons. The van der Waals surface area contributed by atoms with E-state index in [1.165, 1.54) is 75.0 Å². The first kappa shape index (κ1) is 81.9. The van der Waals surface area contributed by atoms with E-state index in [1.54, 1.807) is 18.7 Å². The average Bonchev–Trinajstić information content (AvgIpc) is 1.25. The van der Waals surface area contributed by atoms with Crippen molar-refractivity contribution in [2.75, 3.05) is 101 Å². The normalized spacial score (nSPS) is 26.0. The molecular formula is C69H106ClF3N12O14S. The Bertz CT molecular complexity index is 3270. The number of alkyl halides is 3. The van der Waals surface area contributed by atoms with Crippen molar-refractivity contribution < 1.29 is 79.1 Å². The first-order valence-corrected chi connectivity index (χ1v) is 37.6. The summed E-state index contributed by atoms with van der Waals surface area (Å²) in [5.41, 5.74) is -2.47. The van der Waals surface area contributed by atoms with Crippen LogP contribution in [0.2, 0.25) is 5.02 Å². The third-order valence-corrected chi connectivity index (χ3v) is 22.1. The molecule has 3 aliphatic heterocycles. The number of nitrogens with one attached hydrogen (secondary N) is 3. The van der Waals surface area contributed by atoms with Crippen LogP contribution in [0.25, 0.3) is 0 Å². The minimum Gasteiger partial charge on any atom is -0.343 e. The van der Waals surface area contributed by atoms with Crippen molar-refractivity contribution in [3.63, 3.8) is 0 Å². The number of benzene rings is 1. The smallest absolute Gasteiger partial charge is 0.343 e. The van der Waals surface area contributed by atoms with Gasteiger partial charge in [-0.15, -0.1) is 0 Å². The number of rotatable bonds is 12. The Labute approximate surface area is 591 Å². The number of hydrogen-bond donors (Lipinski definition) is 3. The fourth-order valence-corrected chi connectivity index (χ4v) is 15.5. The van der Waals surface area contributed by atoms with Gasteiger partial charge in [-0.1, -0.05) is 83.9 Å². The second-order valence-electron chi connectivity index (χ2n) is 28.9. The van der Waals surface area contributed by atoms with E-state index in [0.717, 1.165) is 63.7 Å². The molecule has 12 amide bonds. The standard InChI is InChI=1S/C69H106ClF3N12O14S/c1-13-44(4)58-65(95)79(7)41-56(88)77(5)42-57(89)80(8)51(30-36-100(12,98)99)63(93)78(6)40-54(86)74-49(29-27-45-26-28-47(48(70)38-45)69(71,72)73)62(92)85-35-22-25-50(85)61(91)76-68(31-18-19-32-68)67(97)83(11)59(46-23-16-14-17-24-46)66(96)82(10)53(64(94)84-33-20-15-21-34-84)39-55(87)81(9)52(37-43(2)3)60(90)75-58/h26,28,38,43-44,46,49-53,58-59H,13-25,27,29-37,39-42H2,1-12H3,(H,74,86)(H,75,90)(H,76,91)/t44-,49-,50-,51-,52-,53-,58-,59-/m0/s1. The van der Waals surface area contributed by atoms with Gasteiger partial charge < -0.3 is 60.0 Å². The van der Waals surface area contributed by atoms with Crippen LogP contribution in [0.3, 0.4) is 0 Å². The van der Waals surface area contributed by atoms with Crippen LogP contribution in [0.15, 0.2) is 18.2 Å². The van der Waals surface area contributed by atoms with Gasteiger partial charge in [-0.3, -0.25) is 57.5 Å². The molecule has 8 atom stereocenters. The predicted molar refractivity (Wildman–Crippen MR) is 367 cm³/mol. The van der Waals surface area contributed by atoms with Crippen molar-refractivity contribution in [2.24, 2.45) is 17.8 Å². The van der Waals surface area contributed by atoms with E-state index in [-0.39, 0.29) is 63.0 Å². The zero-order chi connectivity index (χ0) is 74.5. The Hall–Kier alpha value is -7.11. The number of carbonyl (C=O) groups is 12. The maximum atomic E-state index is 15.8.